The summed E-state index contributed by atoms with van der Waals surface area (Å²) in [5, 5.41) is 0. The van der Waals surface area contributed by atoms with Crippen molar-refractivity contribution < 1.29 is 4.70 Å². The monoisotopic (exact) mass is 119 g/mol. The summed E-state index contributed by atoms with van der Waals surface area (Å²) >= 11 is 0. The molecule has 0 nitrogen and oxygen atoms in total. The number of hydrogen-bond donors (Lipinski definition) is 0. The summed E-state index contributed by atoms with van der Waals surface area (Å²) in [4.78, 5) is 0. The molecule has 0 aromatic rings. The molecule has 4 heavy (non-hydrogen) atoms. The second kappa shape index (κ2) is 36.0. The van der Waals surface area contributed by atoms with E-state index in [2.05, 4.69) is 0 Å². The van der Waals surface area contributed by atoms with Gasteiger partial charge in [-0.3, -0.25) is 4.70 Å². The van der Waals surface area contributed by atoms with Crippen molar-refractivity contribution in [1.82, 2.24) is 0 Å². The van der Waals surface area contributed by atoms with Crippen LogP contribution in [0.2, 0.25) is 0 Å². The number of hydrogen-bond acceptors (Lipinski definition) is 0. The van der Waals surface area contributed by atoms with Crippen molar-refractivity contribution in [3.05, 3.63) is 0 Å². The van der Waals surface area contributed by atoms with E-state index in [0.717, 1.165) is 0 Å². The van der Waals surface area contributed by atoms with Crippen molar-refractivity contribution in [3.8, 4) is 0 Å². The van der Waals surface area contributed by atoms with Gasteiger partial charge in [0.1, 0.15) is 0 Å². The Hall–Kier alpha value is 1.000. The molecule has 4 heteroatoms. The normalized spacial score (nSPS) is 0. The molecule has 0 saturated carbocycles. The molecular formula is H2ClFPS. The molecule has 0 aliphatic carbocycles. The van der Waals surface area contributed by atoms with Crippen LogP contribution in [0.5, 0.6) is 0 Å². The maximum Gasteiger partial charge on any atom is 0 e. The molecule has 0 aromatic carbocycles. The molecule has 0 N–H and O–H groups in total. The summed E-state index contributed by atoms with van der Waals surface area (Å²) in [5.74, 6) is 0. The molecule has 0 rings (SSSR count). The Morgan fingerprint density at radius 3 is 1.00 bits per heavy atom. The van der Waals surface area contributed by atoms with Gasteiger partial charge in [-0.15, -0.1) is 12.4 Å². The van der Waals surface area contributed by atoms with E-state index in [1.165, 1.54) is 0 Å². The molecule has 0 amide bonds. The molecule has 0 unspecified atom stereocenters. The van der Waals surface area contributed by atoms with E-state index in [1.54, 1.807) is 0 Å². The maximum atomic E-state index is 0. The molecular weight excluding hydrogens is 117 g/mol. The van der Waals surface area contributed by atoms with Crippen LogP contribution < -0.4 is 0 Å². The van der Waals surface area contributed by atoms with Gasteiger partial charge in [0.05, 0.1) is 0 Å². The van der Waals surface area contributed by atoms with Crippen LogP contribution in [-0.2, 0) is 0 Å². The standard InChI is InChI=1S/ClH.FH.P.S/h2*1H;;. The van der Waals surface area contributed by atoms with E-state index >= 15 is 0 Å². The van der Waals surface area contributed by atoms with Crippen LogP contribution in [0.4, 0.5) is 4.70 Å². The minimum absolute atomic E-state index is 0. The molecule has 0 spiro atoms. The topological polar surface area (TPSA) is 0 Å². The third-order valence-electron chi connectivity index (χ3n) is 0. The summed E-state index contributed by atoms with van der Waals surface area (Å²) in [6.45, 7) is 0. The summed E-state index contributed by atoms with van der Waals surface area (Å²) in [7, 11) is 0. The molecule has 0 heterocycles. The highest BCUT2D eigenvalue weighted by molar-refractivity contribution is 7.59. The molecule has 0 saturated heterocycles. The van der Waals surface area contributed by atoms with Crippen LogP contribution in [0.1, 0.15) is 0 Å². The third-order valence-corrected chi connectivity index (χ3v) is 0. The lowest BCUT2D eigenvalue weighted by Gasteiger charge is -0.269. The highest BCUT2D eigenvalue weighted by Crippen LogP contribution is 0.861. The van der Waals surface area contributed by atoms with E-state index < -0.39 is 0 Å². The predicted octanol–water partition coefficient (Wildman–Crippen LogP) is 2.08. The maximum absolute atomic E-state index is 0. The fourth-order valence-electron chi connectivity index (χ4n) is 0. The molecule has 0 aliphatic rings. The van der Waals surface area contributed by atoms with Crippen LogP contribution in [-0.4, -0.2) is 0 Å². The minimum atomic E-state index is 0. The molecule has 27 valence electrons. The molecule has 0 atom stereocenters. The van der Waals surface area contributed by atoms with Crippen molar-refractivity contribution in [2.24, 2.45) is 0 Å². The van der Waals surface area contributed by atoms with Gasteiger partial charge in [-0.25, -0.2) is 0 Å². The minimum Gasteiger partial charge on any atom is -0.269 e. The zero-order valence-corrected chi connectivity index (χ0v) is 4.20. The lowest BCUT2D eigenvalue weighted by Crippen LogP contribution is 0.420. The molecule has 0 fully saturated rings. The van der Waals surface area contributed by atoms with Crippen molar-refractivity contribution in [2.75, 3.05) is 0 Å². The van der Waals surface area contributed by atoms with Crippen molar-refractivity contribution in [1.29, 1.82) is 0 Å². The fraction of sp³-hybridized carbons (Fsp3) is 0. The van der Waals surface area contributed by atoms with Gasteiger partial charge in [0.25, 0.3) is 0 Å². The Balaban J connectivity index is 0. The Bertz CT molecular complexity index is 8.00. The van der Waals surface area contributed by atoms with Crippen LogP contribution in [0, 0.1) is 0 Å². The van der Waals surface area contributed by atoms with Crippen LogP contribution in [0.15, 0.2) is 0 Å². The van der Waals surface area contributed by atoms with E-state index in [1.807, 2.05) is 0 Å². The fourth-order valence-corrected chi connectivity index (χ4v) is 0. The Kier molecular flexibility index (Phi) is 720. The average molecular weight is 120 g/mol. The van der Waals surface area contributed by atoms with Gasteiger partial charge in [0.15, 0.2) is 0 Å². The highest BCUT2D eigenvalue weighted by Gasteiger charge is 0.00102. The average Bonchev–Trinajstić information content (AvgIpc) is 0. The Morgan fingerprint density at radius 2 is 1.00 bits per heavy atom. The first-order valence-electron chi connectivity index (χ1n) is 0. The lowest BCUT2D eigenvalue weighted by atomic mass is 19.0. The highest BCUT2D eigenvalue weighted by atomic mass is 35.5. The molecule has 0 bridgehead atoms. The van der Waals surface area contributed by atoms with Crippen LogP contribution in [0.25, 0.3) is 0 Å². The summed E-state index contributed by atoms with van der Waals surface area (Å²) in [6, 6.07) is 0. The SMILES string of the molecule is Cl.F.[P].[S]. The zero-order valence-electron chi connectivity index (χ0n) is 1.67. The first-order chi connectivity index (χ1) is 0. The van der Waals surface area contributed by atoms with Crippen molar-refractivity contribution in [2.45, 2.75) is 0 Å². The quantitative estimate of drug-likeness (QED) is 0.429. The molecule has 0 aliphatic heterocycles. The summed E-state index contributed by atoms with van der Waals surface area (Å²) in [5.41, 5.74) is 0. The van der Waals surface area contributed by atoms with Gasteiger partial charge in [-0.1, -0.05) is 0 Å². The van der Waals surface area contributed by atoms with Crippen molar-refractivity contribution in [3.63, 3.8) is 0 Å². The molecule has 0 aromatic heterocycles. The van der Waals surface area contributed by atoms with Gasteiger partial charge in [-0.2, -0.15) is 0 Å². The zero-order chi connectivity index (χ0) is 0. The number of rotatable bonds is 0. The Labute approximate surface area is 41.2 Å². The second-order valence-electron chi connectivity index (χ2n) is 0. The Morgan fingerprint density at radius 1 is 1.00 bits per heavy atom. The molecule has 5 radical (unpaired) electrons. The van der Waals surface area contributed by atoms with E-state index in [9.17, 15) is 0 Å². The van der Waals surface area contributed by atoms with Crippen molar-refractivity contribution >= 4 is 35.8 Å². The first-order valence-corrected chi connectivity index (χ1v) is 0. The van der Waals surface area contributed by atoms with E-state index in [-0.39, 0.29) is 40.5 Å². The predicted molar refractivity (Wildman–Crippen MR) is 24.3 cm³/mol. The summed E-state index contributed by atoms with van der Waals surface area (Å²) in [6.07, 6.45) is 0. The third kappa shape index (κ3) is 12.0. The van der Waals surface area contributed by atoms with Gasteiger partial charge < -0.3 is 0 Å². The van der Waals surface area contributed by atoms with Gasteiger partial charge in [0.2, 0.25) is 0 Å². The first kappa shape index (κ1) is 80.0. The van der Waals surface area contributed by atoms with Crippen LogP contribution in [0.3, 0.4) is 0 Å². The van der Waals surface area contributed by atoms with Gasteiger partial charge in [-0.05, 0) is 0 Å². The van der Waals surface area contributed by atoms with Gasteiger partial charge >= 0.3 is 0 Å². The number of halogens is 2. The van der Waals surface area contributed by atoms with E-state index in [4.69, 9.17) is 0 Å². The van der Waals surface area contributed by atoms with Crippen LogP contribution >= 0.6 is 35.8 Å². The second-order valence-corrected chi connectivity index (χ2v) is 0. The lowest BCUT2D eigenvalue weighted by molar-refractivity contribution is 1.11. The smallest absolute Gasteiger partial charge is 0 e. The van der Waals surface area contributed by atoms with Gasteiger partial charge in [0, 0.05) is 23.4 Å². The largest absolute Gasteiger partial charge is 0.269 e. The van der Waals surface area contributed by atoms with E-state index in [0.29, 0.717) is 0 Å². The summed E-state index contributed by atoms with van der Waals surface area (Å²) < 4.78 is 0.